The van der Waals surface area contributed by atoms with Crippen LogP contribution in [0.25, 0.3) is 0 Å². The van der Waals surface area contributed by atoms with E-state index in [0.717, 1.165) is 0 Å². The lowest BCUT2D eigenvalue weighted by Gasteiger charge is -2.45. The largest absolute Gasteiger partial charge is 0.393 e. The van der Waals surface area contributed by atoms with E-state index >= 15 is 0 Å². The third kappa shape index (κ3) is 3.28. The van der Waals surface area contributed by atoms with Crippen molar-refractivity contribution in [2.45, 2.75) is 64.4 Å². The summed E-state index contributed by atoms with van der Waals surface area (Å²) >= 11 is 0. The van der Waals surface area contributed by atoms with E-state index in [1.165, 1.54) is 13.0 Å². The lowest BCUT2D eigenvalue weighted by Crippen LogP contribution is -2.46. The molecule has 17 heavy (non-hydrogen) atoms. The number of aliphatic hydroxyl groups excluding tert-OH is 3. The molecule has 1 saturated carbocycles. The molecule has 0 aromatic carbocycles. The minimum Gasteiger partial charge on any atom is -0.393 e. The van der Waals surface area contributed by atoms with Crippen molar-refractivity contribution in [2.75, 3.05) is 0 Å². The van der Waals surface area contributed by atoms with Crippen molar-refractivity contribution in [2.24, 2.45) is 5.41 Å². The summed E-state index contributed by atoms with van der Waals surface area (Å²) in [6, 6.07) is 0. The van der Waals surface area contributed by atoms with Crippen molar-refractivity contribution in [3.63, 3.8) is 0 Å². The second-order valence-corrected chi connectivity index (χ2v) is 6.03. The second-order valence-electron chi connectivity index (χ2n) is 6.03. The molecule has 100 valence electrons. The van der Waals surface area contributed by atoms with Gasteiger partial charge >= 0.3 is 0 Å². The summed E-state index contributed by atoms with van der Waals surface area (Å²) in [7, 11) is 0. The van der Waals surface area contributed by atoms with E-state index in [0.29, 0.717) is 12.0 Å². The van der Waals surface area contributed by atoms with Gasteiger partial charge in [-0.3, -0.25) is 0 Å². The van der Waals surface area contributed by atoms with E-state index in [-0.39, 0.29) is 6.42 Å². The van der Waals surface area contributed by atoms with E-state index in [1.807, 2.05) is 13.8 Å². The van der Waals surface area contributed by atoms with Crippen LogP contribution in [0.1, 0.15) is 40.5 Å². The Balaban J connectivity index is 3.08. The zero-order valence-corrected chi connectivity index (χ0v) is 11.0. The number of rotatable bonds is 2. The molecule has 1 aliphatic rings. The van der Waals surface area contributed by atoms with Gasteiger partial charge in [-0.05, 0) is 31.3 Å². The van der Waals surface area contributed by atoms with E-state index in [9.17, 15) is 20.4 Å². The minimum absolute atomic E-state index is 0.259. The minimum atomic E-state index is -1.14. The van der Waals surface area contributed by atoms with Crippen molar-refractivity contribution < 1.29 is 20.4 Å². The van der Waals surface area contributed by atoms with E-state index < -0.39 is 29.3 Å². The Labute approximate surface area is 103 Å². The van der Waals surface area contributed by atoms with Crippen molar-refractivity contribution >= 4 is 0 Å². The molecule has 0 aromatic rings. The Hall–Kier alpha value is -0.420. The molecule has 0 unspecified atom stereocenters. The molecule has 0 amide bonds. The van der Waals surface area contributed by atoms with Crippen molar-refractivity contribution in [3.05, 3.63) is 11.6 Å². The van der Waals surface area contributed by atoms with Gasteiger partial charge in [-0.15, -0.1) is 0 Å². The molecule has 1 fully saturated rings. The van der Waals surface area contributed by atoms with Crippen LogP contribution < -0.4 is 0 Å². The van der Waals surface area contributed by atoms with Gasteiger partial charge in [0.25, 0.3) is 0 Å². The first-order valence-corrected chi connectivity index (χ1v) is 6.05. The normalized spacial score (nSPS) is 39.1. The molecule has 0 bridgehead atoms. The number of hydrogen-bond acceptors (Lipinski definition) is 4. The van der Waals surface area contributed by atoms with Gasteiger partial charge in [-0.2, -0.15) is 0 Å². The van der Waals surface area contributed by atoms with Crippen LogP contribution in [0.4, 0.5) is 0 Å². The van der Waals surface area contributed by atoms with Crippen molar-refractivity contribution in [1.29, 1.82) is 0 Å². The molecule has 0 spiro atoms. The van der Waals surface area contributed by atoms with Crippen LogP contribution in [0.2, 0.25) is 0 Å². The summed E-state index contributed by atoms with van der Waals surface area (Å²) in [5, 5.41) is 39.1. The van der Waals surface area contributed by atoms with Gasteiger partial charge < -0.3 is 20.4 Å². The van der Waals surface area contributed by atoms with Crippen molar-refractivity contribution in [3.8, 4) is 0 Å². The van der Waals surface area contributed by atoms with Gasteiger partial charge in [0, 0.05) is 6.42 Å². The van der Waals surface area contributed by atoms with Crippen LogP contribution in [0.3, 0.4) is 0 Å². The fourth-order valence-electron chi connectivity index (χ4n) is 2.78. The fraction of sp³-hybridized carbons (Fsp3) is 0.846. The smallest absolute Gasteiger partial charge is 0.0981 e. The topological polar surface area (TPSA) is 80.9 Å². The Bertz CT molecular complexity index is 285. The fourth-order valence-corrected chi connectivity index (χ4v) is 2.78. The predicted molar refractivity (Wildman–Crippen MR) is 65.4 cm³/mol. The SMILES string of the molecule is C[C@H](O)[C@@H](O)/C=C1/C(C)(C)C[C@H](O)C[C@@]1(C)O. The summed E-state index contributed by atoms with van der Waals surface area (Å²) in [6.07, 6.45) is -0.0832. The summed E-state index contributed by atoms with van der Waals surface area (Å²) in [5.41, 5.74) is -0.850. The Kier molecular flexibility index (Phi) is 4.04. The van der Waals surface area contributed by atoms with Gasteiger partial charge in [0.1, 0.15) is 0 Å². The zero-order chi connectivity index (χ0) is 13.4. The van der Waals surface area contributed by atoms with Gasteiger partial charge in [0.05, 0.1) is 23.9 Å². The lowest BCUT2D eigenvalue weighted by molar-refractivity contribution is -0.0300. The van der Waals surface area contributed by atoms with Crippen LogP contribution in [0.5, 0.6) is 0 Å². The molecule has 0 aromatic heterocycles. The lowest BCUT2D eigenvalue weighted by atomic mass is 9.64. The summed E-state index contributed by atoms with van der Waals surface area (Å²) in [6.45, 7) is 6.98. The van der Waals surface area contributed by atoms with Crippen LogP contribution in [0.15, 0.2) is 11.6 Å². The summed E-state index contributed by atoms with van der Waals surface area (Å²) in [5.74, 6) is 0. The van der Waals surface area contributed by atoms with Gasteiger partial charge in [-0.1, -0.05) is 19.9 Å². The van der Waals surface area contributed by atoms with Crippen LogP contribution in [-0.4, -0.2) is 44.3 Å². The molecule has 4 N–H and O–H groups in total. The molecule has 0 saturated heterocycles. The highest BCUT2D eigenvalue weighted by atomic mass is 16.3. The number of aliphatic hydroxyl groups is 4. The Morgan fingerprint density at radius 1 is 1.24 bits per heavy atom. The third-order valence-corrected chi connectivity index (χ3v) is 3.52. The van der Waals surface area contributed by atoms with Crippen LogP contribution in [0, 0.1) is 5.41 Å². The van der Waals surface area contributed by atoms with Gasteiger partial charge in [0.2, 0.25) is 0 Å². The molecule has 0 radical (unpaired) electrons. The van der Waals surface area contributed by atoms with E-state index in [2.05, 4.69) is 0 Å². The van der Waals surface area contributed by atoms with Crippen molar-refractivity contribution in [1.82, 2.24) is 0 Å². The number of hydrogen-bond donors (Lipinski definition) is 4. The zero-order valence-electron chi connectivity index (χ0n) is 11.0. The maximum absolute atomic E-state index is 10.3. The molecule has 0 heterocycles. The molecule has 4 heteroatoms. The maximum Gasteiger partial charge on any atom is 0.0981 e. The molecule has 1 rings (SSSR count). The third-order valence-electron chi connectivity index (χ3n) is 3.52. The molecular weight excluding hydrogens is 220 g/mol. The monoisotopic (exact) mass is 244 g/mol. The second kappa shape index (κ2) is 4.69. The standard InChI is InChI=1S/C13H24O4/c1-8(14)10(16)5-11-12(2,3)6-9(15)7-13(11,4)17/h5,8-10,14-17H,6-7H2,1-4H3/b11-5-/t8-,9-,10-,13+/m0/s1. The van der Waals surface area contributed by atoms with E-state index in [1.54, 1.807) is 6.92 Å². The quantitative estimate of drug-likeness (QED) is 0.536. The molecular formula is C13H24O4. The predicted octanol–water partition coefficient (Wildman–Crippen LogP) is 0.586. The highest BCUT2D eigenvalue weighted by Gasteiger charge is 2.44. The highest BCUT2D eigenvalue weighted by Crippen LogP contribution is 2.45. The molecule has 4 atom stereocenters. The first-order valence-electron chi connectivity index (χ1n) is 6.05. The maximum atomic E-state index is 10.3. The average Bonchev–Trinajstić information content (AvgIpc) is 2.08. The first-order chi connectivity index (χ1) is 7.56. The van der Waals surface area contributed by atoms with Gasteiger partial charge in [0.15, 0.2) is 0 Å². The Morgan fingerprint density at radius 3 is 2.18 bits per heavy atom. The van der Waals surface area contributed by atoms with E-state index in [4.69, 9.17) is 0 Å². The highest BCUT2D eigenvalue weighted by molar-refractivity contribution is 5.27. The van der Waals surface area contributed by atoms with Crippen LogP contribution >= 0.6 is 0 Å². The molecule has 4 nitrogen and oxygen atoms in total. The summed E-state index contributed by atoms with van der Waals surface area (Å²) in [4.78, 5) is 0. The van der Waals surface area contributed by atoms with Gasteiger partial charge in [-0.25, -0.2) is 0 Å². The molecule has 1 aliphatic carbocycles. The summed E-state index contributed by atoms with van der Waals surface area (Å²) < 4.78 is 0. The first kappa shape index (κ1) is 14.6. The molecule has 0 aliphatic heterocycles. The Morgan fingerprint density at radius 2 is 1.76 bits per heavy atom. The van der Waals surface area contributed by atoms with Crippen LogP contribution in [-0.2, 0) is 0 Å². The average molecular weight is 244 g/mol.